The molecule has 0 fully saturated rings. The largest absolute Gasteiger partial charge is 0.457 e. The van der Waals surface area contributed by atoms with E-state index in [0.29, 0.717) is 5.82 Å². The predicted molar refractivity (Wildman–Crippen MR) is 193 cm³/mol. The van der Waals surface area contributed by atoms with Crippen LogP contribution in [0.15, 0.2) is 170 Å². The third-order valence-corrected chi connectivity index (χ3v) is 9.93. The molecule has 0 atom stereocenters. The summed E-state index contributed by atoms with van der Waals surface area (Å²) in [6.07, 6.45) is 0. The fraction of sp³-hybridized carbons (Fsp3) is 0.0222. The molecule has 1 aromatic heterocycles. The van der Waals surface area contributed by atoms with Crippen LogP contribution in [0.1, 0.15) is 22.3 Å². The lowest BCUT2D eigenvalue weighted by Gasteiger charge is -2.40. The van der Waals surface area contributed by atoms with Crippen LogP contribution in [0.3, 0.4) is 0 Å². The maximum atomic E-state index is 6.85. The average Bonchev–Trinajstić information content (AvgIpc) is 3.45. The van der Waals surface area contributed by atoms with Crippen molar-refractivity contribution < 1.29 is 4.74 Å². The lowest BCUT2D eigenvalue weighted by atomic mass is 9.65. The predicted octanol–water partition coefficient (Wildman–Crippen LogP) is 11.1. The molecule has 1 aliphatic heterocycles. The summed E-state index contributed by atoms with van der Waals surface area (Å²) in [6, 6.07) is 60.0. The van der Waals surface area contributed by atoms with Gasteiger partial charge in [-0.05, 0) is 69.4 Å². The number of benzene rings is 7. The van der Waals surface area contributed by atoms with Crippen LogP contribution in [0.5, 0.6) is 11.5 Å². The number of aromatic nitrogens is 2. The Bertz CT molecular complexity index is 2440. The Balaban J connectivity index is 1.27. The number of ether oxygens (including phenoxy) is 1. The third kappa shape index (κ3) is 3.88. The molecule has 48 heavy (non-hydrogen) atoms. The van der Waals surface area contributed by atoms with E-state index >= 15 is 0 Å². The van der Waals surface area contributed by atoms with Gasteiger partial charge in [-0.15, -0.1) is 0 Å². The molecule has 1 aliphatic carbocycles. The topological polar surface area (TPSA) is 35.0 Å². The molecular formula is C45H28N2O. The first-order valence-corrected chi connectivity index (χ1v) is 16.3. The summed E-state index contributed by atoms with van der Waals surface area (Å²) < 4.78 is 6.85. The molecule has 1 spiro atoms. The number of rotatable bonds is 3. The first kappa shape index (κ1) is 26.9. The Labute approximate surface area is 278 Å². The van der Waals surface area contributed by atoms with Crippen LogP contribution >= 0.6 is 0 Å². The van der Waals surface area contributed by atoms with E-state index in [2.05, 4.69) is 146 Å². The molecule has 3 heteroatoms. The van der Waals surface area contributed by atoms with Gasteiger partial charge in [-0.2, -0.15) is 0 Å². The van der Waals surface area contributed by atoms with Crippen molar-refractivity contribution in [3.05, 3.63) is 192 Å². The lowest BCUT2D eigenvalue weighted by molar-refractivity contribution is 0.437. The van der Waals surface area contributed by atoms with Gasteiger partial charge in [0, 0.05) is 27.8 Å². The highest BCUT2D eigenvalue weighted by molar-refractivity contribution is 5.93. The van der Waals surface area contributed by atoms with Gasteiger partial charge in [-0.1, -0.05) is 133 Å². The summed E-state index contributed by atoms with van der Waals surface area (Å²) in [7, 11) is 0. The second-order valence-electron chi connectivity index (χ2n) is 12.5. The van der Waals surface area contributed by atoms with E-state index in [1.807, 2.05) is 24.3 Å². The Hall–Kier alpha value is -6.32. The maximum Gasteiger partial charge on any atom is 0.160 e. The van der Waals surface area contributed by atoms with Gasteiger partial charge >= 0.3 is 0 Å². The molecule has 3 nitrogen and oxygen atoms in total. The van der Waals surface area contributed by atoms with E-state index < -0.39 is 5.41 Å². The van der Waals surface area contributed by atoms with Gasteiger partial charge in [0.15, 0.2) is 5.82 Å². The van der Waals surface area contributed by atoms with Crippen molar-refractivity contribution in [2.45, 2.75) is 5.41 Å². The minimum absolute atomic E-state index is 0.576. The molecule has 224 valence electrons. The van der Waals surface area contributed by atoms with Gasteiger partial charge in [0.25, 0.3) is 0 Å². The van der Waals surface area contributed by atoms with E-state index in [1.165, 1.54) is 27.6 Å². The Morgan fingerprint density at radius 1 is 0.375 bits per heavy atom. The van der Waals surface area contributed by atoms with Crippen molar-refractivity contribution in [1.82, 2.24) is 9.97 Å². The molecule has 2 aliphatic rings. The van der Waals surface area contributed by atoms with Gasteiger partial charge in [-0.25, -0.2) is 9.97 Å². The van der Waals surface area contributed by atoms with Crippen molar-refractivity contribution in [2.24, 2.45) is 0 Å². The van der Waals surface area contributed by atoms with Crippen LogP contribution < -0.4 is 4.74 Å². The second-order valence-corrected chi connectivity index (χ2v) is 12.5. The number of fused-ring (bicyclic) bond motifs is 10. The number of hydrogen-bond donors (Lipinski definition) is 0. The summed E-state index contributed by atoms with van der Waals surface area (Å²) in [5.41, 5.74) is 11.5. The maximum absolute atomic E-state index is 6.85. The molecule has 0 radical (unpaired) electrons. The van der Waals surface area contributed by atoms with Crippen molar-refractivity contribution in [1.29, 1.82) is 0 Å². The lowest BCUT2D eigenvalue weighted by Crippen LogP contribution is -2.32. The normalized spacial score (nSPS) is 13.3. The average molecular weight is 613 g/mol. The minimum atomic E-state index is -0.576. The Kier molecular flexibility index (Phi) is 5.79. The number of hydrogen-bond acceptors (Lipinski definition) is 3. The first-order valence-electron chi connectivity index (χ1n) is 16.3. The second kappa shape index (κ2) is 10.3. The van der Waals surface area contributed by atoms with E-state index in [4.69, 9.17) is 14.7 Å². The van der Waals surface area contributed by atoms with Crippen molar-refractivity contribution in [2.75, 3.05) is 0 Å². The van der Waals surface area contributed by atoms with Gasteiger partial charge in [0.05, 0.1) is 16.8 Å². The van der Waals surface area contributed by atoms with Crippen molar-refractivity contribution in [3.8, 4) is 56.5 Å². The fourth-order valence-electron chi connectivity index (χ4n) is 7.82. The Morgan fingerprint density at radius 2 is 0.917 bits per heavy atom. The van der Waals surface area contributed by atoms with E-state index in [1.54, 1.807) is 0 Å². The van der Waals surface area contributed by atoms with E-state index in [9.17, 15) is 0 Å². The fourth-order valence-corrected chi connectivity index (χ4v) is 7.82. The van der Waals surface area contributed by atoms with Crippen LogP contribution in [0.2, 0.25) is 0 Å². The molecular weight excluding hydrogens is 585 g/mol. The van der Waals surface area contributed by atoms with Gasteiger partial charge < -0.3 is 4.74 Å². The van der Waals surface area contributed by atoms with Crippen molar-refractivity contribution >= 4 is 10.8 Å². The van der Waals surface area contributed by atoms with Crippen LogP contribution in [0.4, 0.5) is 0 Å². The summed E-state index contributed by atoms with van der Waals surface area (Å²) in [5, 5.41) is 2.35. The zero-order chi connectivity index (χ0) is 31.7. The van der Waals surface area contributed by atoms with Gasteiger partial charge in [0.2, 0.25) is 0 Å². The summed E-state index contributed by atoms with van der Waals surface area (Å²) >= 11 is 0. The Morgan fingerprint density at radius 3 is 1.60 bits per heavy atom. The summed E-state index contributed by atoms with van der Waals surface area (Å²) in [4.78, 5) is 10.2. The molecule has 0 saturated heterocycles. The first-order chi connectivity index (χ1) is 23.8. The molecule has 10 rings (SSSR count). The van der Waals surface area contributed by atoms with Crippen LogP contribution in [0.25, 0.3) is 55.8 Å². The minimum Gasteiger partial charge on any atom is -0.457 e. The standard InChI is InChI=1S/C45H28N2O/c1-3-13-29(14-4-1)40-28-41(47-44(46-40)30-15-5-2-6-16-30)33-23-24-42-38(26-33)45(39-25-31-17-7-8-18-32(31)27-43(39)48-42)36-21-11-9-19-34(36)35-20-10-12-22-37(35)45/h1-28H. The molecule has 7 aromatic carbocycles. The zero-order valence-electron chi connectivity index (χ0n) is 26.0. The smallest absolute Gasteiger partial charge is 0.160 e. The quantitative estimate of drug-likeness (QED) is 0.199. The van der Waals surface area contributed by atoms with Crippen LogP contribution in [-0.2, 0) is 5.41 Å². The SMILES string of the molecule is c1ccc(-c2cc(-c3ccc4c(c3)C3(c5cc6ccccc6cc5O4)c4ccccc4-c4ccccc43)nc(-c3ccccc3)n2)cc1. The monoisotopic (exact) mass is 612 g/mol. The highest BCUT2D eigenvalue weighted by atomic mass is 16.5. The third-order valence-electron chi connectivity index (χ3n) is 9.93. The van der Waals surface area contributed by atoms with Gasteiger partial charge in [-0.3, -0.25) is 0 Å². The number of nitrogens with zero attached hydrogens (tertiary/aromatic N) is 2. The summed E-state index contributed by atoms with van der Waals surface area (Å²) in [5.74, 6) is 2.44. The molecule has 8 aromatic rings. The molecule has 0 N–H and O–H groups in total. The molecule has 0 saturated carbocycles. The highest BCUT2D eigenvalue weighted by Crippen LogP contribution is 2.62. The molecule has 2 heterocycles. The molecule has 0 bridgehead atoms. The van der Waals surface area contributed by atoms with Crippen LogP contribution in [0, 0.1) is 0 Å². The van der Waals surface area contributed by atoms with Crippen LogP contribution in [-0.4, -0.2) is 9.97 Å². The van der Waals surface area contributed by atoms with Crippen molar-refractivity contribution in [3.63, 3.8) is 0 Å². The van der Waals surface area contributed by atoms with E-state index in [0.717, 1.165) is 56.1 Å². The van der Waals surface area contributed by atoms with E-state index in [-0.39, 0.29) is 0 Å². The highest BCUT2D eigenvalue weighted by Gasteiger charge is 2.51. The zero-order valence-corrected chi connectivity index (χ0v) is 26.0. The molecule has 0 unspecified atom stereocenters. The van der Waals surface area contributed by atoms with Gasteiger partial charge in [0.1, 0.15) is 11.5 Å². The summed E-state index contributed by atoms with van der Waals surface area (Å²) in [6.45, 7) is 0. The molecule has 0 amide bonds.